The van der Waals surface area contributed by atoms with Crippen molar-refractivity contribution in [3.05, 3.63) is 54.4 Å². The molecule has 1 fully saturated rings. The summed E-state index contributed by atoms with van der Waals surface area (Å²) >= 11 is 0. The van der Waals surface area contributed by atoms with Crippen LogP contribution in [0.15, 0.2) is 58.6 Å². The maximum Gasteiger partial charge on any atom is 0.243 e. The molecule has 0 bridgehead atoms. The summed E-state index contributed by atoms with van der Waals surface area (Å²) in [5.74, 6) is -0.604. The number of hydrogen-bond acceptors (Lipinski definition) is 7. The highest BCUT2D eigenvalue weighted by molar-refractivity contribution is 7.96. The van der Waals surface area contributed by atoms with Crippen molar-refractivity contribution in [3.8, 4) is 0 Å². The van der Waals surface area contributed by atoms with E-state index < -0.39 is 40.7 Å². The van der Waals surface area contributed by atoms with E-state index in [-0.39, 0.29) is 35.1 Å². The lowest BCUT2D eigenvalue weighted by Crippen LogP contribution is -2.33. The van der Waals surface area contributed by atoms with E-state index >= 15 is 0 Å². The second kappa shape index (κ2) is 8.74. The minimum Gasteiger partial charge on any atom is -0.265 e. The van der Waals surface area contributed by atoms with Gasteiger partial charge in [0.15, 0.2) is 19.7 Å². The van der Waals surface area contributed by atoms with Gasteiger partial charge in [-0.25, -0.2) is 25.3 Å². The van der Waals surface area contributed by atoms with Crippen LogP contribution in [0, 0.1) is 0 Å². The number of pyridine rings is 1. The Bertz CT molecular complexity index is 1210. The van der Waals surface area contributed by atoms with Gasteiger partial charge in [-0.3, -0.25) is 4.98 Å². The number of hydrogen-bond donors (Lipinski definition) is 0. The Kier molecular flexibility index (Phi) is 6.66. The molecule has 0 N–H and O–H groups in total. The van der Waals surface area contributed by atoms with E-state index in [1.54, 1.807) is 19.3 Å². The first-order chi connectivity index (χ1) is 14.1. The van der Waals surface area contributed by atoms with Crippen LogP contribution >= 0.6 is 0 Å². The van der Waals surface area contributed by atoms with Crippen molar-refractivity contribution >= 4 is 29.7 Å². The zero-order chi connectivity index (χ0) is 22.0. The lowest BCUT2D eigenvalue weighted by Gasteiger charge is -2.21. The number of nitrogens with zero attached hydrogens (tertiary/aromatic N) is 2. The average molecular weight is 473 g/mol. The summed E-state index contributed by atoms with van der Waals surface area (Å²) in [4.78, 5) is 3.64. The molecule has 1 aromatic heterocycles. The van der Waals surface area contributed by atoms with E-state index in [2.05, 4.69) is 4.98 Å². The number of benzene rings is 1. The molecule has 0 aliphatic carbocycles. The lowest BCUT2D eigenvalue weighted by molar-refractivity contribution is 0.431. The summed E-state index contributed by atoms with van der Waals surface area (Å²) in [6, 6.07) is 8.79. The molecule has 0 unspecified atom stereocenters. The smallest absolute Gasteiger partial charge is 0.243 e. The SMILES string of the molecule is CCN(CCc1ccncc1)S(=O)(=O)c1cccc(S(=O)(=O)[C@@H]2CCS(=O)(=O)C2)c1. The fourth-order valence-electron chi connectivity index (χ4n) is 3.41. The highest BCUT2D eigenvalue weighted by Gasteiger charge is 2.38. The number of rotatable bonds is 8. The van der Waals surface area contributed by atoms with Gasteiger partial charge in [0.05, 0.1) is 26.5 Å². The lowest BCUT2D eigenvalue weighted by atomic mass is 10.2. The van der Waals surface area contributed by atoms with Gasteiger partial charge < -0.3 is 0 Å². The van der Waals surface area contributed by atoms with Gasteiger partial charge in [-0.05, 0) is 48.7 Å². The van der Waals surface area contributed by atoms with Gasteiger partial charge in [0.1, 0.15) is 0 Å². The van der Waals surface area contributed by atoms with Gasteiger partial charge in [-0.15, -0.1) is 0 Å². The van der Waals surface area contributed by atoms with Crippen molar-refractivity contribution in [1.82, 2.24) is 9.29 Å². The molecule has 8 nitrogen and oxygen atoms in total. The number of sulfone groups is 2. The molecule has 0 radical (unpaired) electrons. The monoisotopic (exact) mass is 472 g/mol. The fourth-order valence-corrected chi connectivity index (χ4v) is 9.38. The molecule has 30 heavy (non-hydrogen) atoms. The Balaban J connectivity index is 1.86. The van der Waals surface area contributed by atoms with E-state index in [0.29, 0.717) is 6.42 Å². The van der Waals surface area contributed by atoms with Crippen LogP contribution in [0.3, 0.4) is 0 Å². The van der Waals surface area contributed by atoms with Gasteiger partial charge >= 0.3 is 0 Å². The van der Waals surface area contributed by atoms with E-state index in [9.17, 15) is 25.3 Å². The summed E-state index contributed by atoms with van der Waals surface area (Å²) in [6.45, 7) is 2.18. The van der Waals surface area contributed by atoms with Crippen LogP contribution in [0.5, 0.6) is 0 Å². The first-order valence-corrected chi connectivity index (χ1v) is 14.3. The average Bonchev–Trinajstić information content (AvgIpc) is 3.10. The molecular weight excluding hydrogens is 448 g/mol. The highest BCUT2D eigenvalue weighted by Crippen LogP contribution is 2.27. The molecule has 3 rings (SSSR count). The minimum absolute atomic E-state index is 0.0225. The topological polar surface area (TPSA) is 119 Å². The maximum atomic E-state index is 13.1. The van der Waals surface area contributed by atoms with Gasteiger partial charge in [-0.1, -0.05) is 13.0 Å². The molecule has 1 atom stereocenters. The fraction of sp³-hybridized carbons (Fsp3) is 0.421. The molecule has 164 valence electrons. The second-order valence-electron chi connectivity index (χ2n) is 7.15. The third-order valence-electron chi connectivity index (χ3n) is 5.15. The molecule has 1 aliphatic heterocycles. The van der Waals surface area contributed by atoms with Crippen molar-refractivity contribution in [1.29, 1.82) is 0 Å². The summed E-state index contributed by atoms with van der Waals surface area (Å²) in [5, 5.41) is -1.05. The predicted octanol–water partition coefficient (Wildman–Crippen LogP) is 1.30. The standard InChI is InChI=1S/C19H24N2O6S3/c1-2-21(12-8-16-6-10-20-11-7-16)30(26,27)18-5-3-4-17(14-18)29(24,25)19-9-13-28(22,23)15-19/h3-7,10-11,14,19H,2,8-9,12-13,15H2,1H3/t19-/m1/s1. The highest BCUT2D eigenvalue weighted by atomic mass is 32.2. The quantitative estimate of drug-likeness (QED) is 0.568. The largest absolute Gasteiger partial charge is 0.265 e. The third kappa shape index (κ3) is 4.90. The molecule has 2 aromatic rings. The van der Waals surface area contributed by atoms with Crippen LogP contribution in [0.2, 0.25) is 0 Å². The van der Waals surface area contributed by atoms with Gasteiger partial charge in [-0.2, -0.15) is 4.31 Å². The maximum absolute atomic E-state index is 13.1. The summed E-state index contributed by atoms with van der Waals surface area (Å²) in [5.41, 5.74) is 0.942. The normalized spacial score (nSPS) is 19.2. The zero-order valence-electron chi connectivity index (χ0n) is 16.5. The second-order valence-corrected chi connectivity index (χ2v) is 13.5. The Hall–Kier alpha value is -1.82. The van der Waals surface area contributed by atoms with Gasteiger partial charge in [0.25, 0.3) is 0 Å². The van der Waals surface area contributed by atoms with E-state index in [1.807, 2.05) is 12.1 Å². The number of aromatic nitrogens is 1. The first kappa shape index (κ1) is 22.9. The molecule has 11 heteroatoms. The van der Waals surface area contributed by atoms with E-state index in [4.69, 9.17) is 0 Å². The van der Waals surface area contributed by atoms with Crippen molar-refractivity contribution in [2.24, 2.45) is 0 Å². The number of likely N-dealkylation sites (N-methyl/N-ethyl adjacent to an activating group) is 1. The Labute approximate surface area is 177 Å². The molecule has 0 spiro atoms. The Morgan fingerprint density at radius 2 is 1.73 bits per heavy atom. The van der Waals surface area contributed by atoms with Crippen LogP contribution in [0.1, 0.15) is 18.9 Å². The Morgan fingerprint density at radius 3 is 2.33 bits per heavy atom. The summed E-state index contributed by atoms with van der Waals surface area (Å²) in [6.07, 6.45) is 3.79. The van der Waals surface area contributed by atoms with Crippen LogP contribution in [0.25, 0.3) is 0 Å². The van der Waals surface area contributed by atoms with Crippen LogP contribution in [-0.4, -0.2) is 64.4 Å². The molecule has 1 aromatic carbocycles. The molecular formula is C19H24N2O6S3. The van der Waals surface area contributed by atoms with Crippen molar-refractivity contribution < 1.29 is 25.3 Å². The van der Waals surface area contributed by atoms with E-state index in [0.717, 1.165) is 11.6 Å². The van der Waals surface area contributed by atoms with Crippen molar-refractivity contribution in [3.63, 3.8) is 0 Å². The Morgan fingerprint density at radius 1 is 1.07 bits per heavy atom. The van der Waals surface area contributed by atoms with Crippen molar-refractivity contribution in [2.75, 3.05) is 24.6 Å². The molecule has 1 saturated heterocycles. The predicted molar refractivity (Wildman–Crippen MR) is 113 cm³/mol. The van der Waals surface area contributed by atoms with Gasteiger partial charge in [0.2, 0.25) is 10.0 Å². The molecule has 1 aliphatic rings. The summed E-state index contributed by atoms with van der Waals surface area (Å²) < 4.78 is 76.6. The summed E-state index contributed by atoms with van der Waals surface area (Å²) in [7, 11) is -11.3. The molecule has 2 heterocycles. The third-order valence-corrected chi connectivity index (χ3v) is 11.3. The molecule has 0 saturated carbocycles. The zero-order valence-corrected chi connectivity index (χ0v) is 19.0. The van der Waals surface area contributed by atoms with Crippen molar-refractivity contribution in [2.45, 2.75) is 34.8 Å². The van der Waals surface area contributed by atoms with Crippen LogP contribution in [0.4, 0.5) is 0 Å². The van der Waals surface area contributed by atoms with Crippen LogP contribution < -0.4 is 0 Å². The molecule has 0 amide bonds. The first-order valence-electron chi connectivity index (χ1n) is 9.50. The number of sulfonamides is 1. The van der Waals surface area contributed by atoms with Crippen LogP contribution in [-0.2, 0) is 36.1 Å². The van der Waals surface area contributed by atoms with E-state index in [1.165, 1.54) is 22.5 Å². The minimum atomic E-state index is -3.95. The van der Waals surface area contributed by atoms with Gasteiger partial charge in [0, 0.05) is 25.5 Å².